The Labute approximate surface area is 496 Å². The summed E-state index contributed by atoms with van der Waals surface area (Å²) in [6, 6.07) is 2.23. The van der Waals surface area contributed by atoms with E-state index in [1.54, 1.807) is 52.0 Å². The lowest BCUT2D eigenvalue weighted by atomic mass is 9.56. The Kier molecular flexibility index (Phi) is 25.6. The van der Waals surface area contributed by atoms with Crippen molar-refractivity contribution in [3.8, 4) is 0 Å². The number of hydrogen-bond donors (Lipinski definition) is 7. The highest BCUT2D eigenvalue weighted by Crippen LogP contribution is 2.56. The molecule has 1 aromatic carbocycles. The summed E-state index contributed by atoms with van der Waals surface area (Å²) in [7, 11) is 0. The molecule has 2 bridgehead atoms. The fourth-order valence-corrected chi connectivity index (χ4v) is 10.5. The van der Waals surface area contributed by atoms with E-state index in [0.29, 0.717) is 50.1 Å². The number of anilines is 1. The average molecular weight is 1190 g/mol. The summed E-state index contributed by atoms with van der Waals surface area (Å²) >= 11 is 0. The van der Waals surface area contributed by atoms with E-state index in [2.05, 4.69) is 46.5 Å². The number of nitrogens with zero attached hydrogens (tertiary/aromatic N) is 1. The number of imide groups is 1. The lowest BCUT2D eigenvalue weighted by Gasteiger charge is -2.52. The van der Waals surface area contributed by atoms with E-state index < -0.39 is 93.8 Å². The number of benzene rings is 1. The first-order valence-corrected chi connectivity index (χ1v) is 29.1. The number of carboxylic acid groups (broad SMARTS) is 1. The van der Waals surface area contributed by atoms with Gasteiger partial charge in [0.15, 0.2) is 0 Å². The number of carbonyl (C=O) groups is 11. The van der Waals surface area contributed by atoms with E-state index in [1.807, 2.05) is 0 Å². The number of urea groups is 1. The molecule has 24 heteroatoms. The molecule has 6 unspecified atom stereocenters. The number of unbranched alkanes of at least 4 members (excludes halogenated alkanes) is 2. The minimum Gasteiger partial charge on any atom is -0.478 e. The van der Waals surface area contributed by atoms with Gasteiger partial charge in [0.1, 0.15) is 31.3 Å². The number of carboxylic acids is 1. The predicted molar refractivity (Wildman–Crippen MR) is 309 cm³/mol. The lowest BCUT2D eigenvalue weighted by Crippen LogP contribution is -2.56. The molecule has 2 fully saturated rings. The summed E-state index contributed by atoms with van der Waals surface area (Å²) in [6.45, 7) is 13.2. The van der Waals surface area contributed by atoms with Gasteiger partial charge in [-0.2, -0.15) is 0 Å². The molecule has 3 aliphatic heterocycles. The van der Waals surface area contributed by atoms with Crippen LogP contribution in [0.2, 0.25) is 0 Å². The number of nitrogens with one attached hydrogen (secondary N) is 5. The molecule has 8 amide bonds. The molecular weight excluding hydrogens is 1100 g/mol. The van der Waals surface area contributed by atoms with Crippen LogP contribution >= 0.6 is 0 Å². The molecule has 3 heterocycles. The Balaban J connectivity index is 1.18. The summed E-state index contributed by atoms with van der Waals surface area (Å²) in [5.41, 5.74) is 4.78. The predicted octanol–water partition coefficient (Wildman–Crippen LogP) is 4.75. The molecule has 0 radical (unpaired) electrons. The number of aliphatic carboxylic acids is 1. The summed E-state index contributed by atoms with van der Waals surface area (Å²) in [5, 5.41) is 22.3. The third kappa shape index (κ3) is 19.9. The Morgan fingerprint density at radius 1 is 0.835 bits per heavy atom. The van der Waals surface area contributed by atoms with Crippen LogP contribution in [0.25, 0.3) is 0 Å². The van der Waals surface area contributed by atoms with E-state index in [4.69, 9.17) is 34.5 Å². The summed E-state index contributed by atoms with van der Waals surface area (Å²) in [5.74, 6) is -7.81. The second-order valence-corrected chi connectivity index (χ2v) is 23.5. The van der Waals surface area contributed by atoms with Crippen molar-refractivity contribution in [2.24, 2.45) is 33.8 Å². The Morgan fingerprint density at radius 2 is 1.53 bits per heavy atom. The van der Waals surface area contributed by atoms with Crippen molar-refractivity contribution in [1.82, 2.24) is 26.2 Å². The van der Waals surface area contributed by atoms with Gasteiger partial charge >= 0.3 is 29.9 Å². The molecule has 4 aliphatic rings. The Bertz CT molecular complexity index is 2700. The average Bonchev–Trinajstić information content (AvgIpc) is 1.89. The fourth-order valence-electron chi connectivity index (χ4n) is 10.5. The maximum absolute atomic E-state index is 14.3. The molecule has 8 N–H and O–H groups in total. The molecule has 85 heavy (non-hydrogen) atoms. The number of fused-ring (bicyclic) bond motifs is 5. The summed E-state index contributed by atoms with van der Waals surface area (Å²) in [4.78, 5) is 142. The molecule has 2 saturated heterocycles. The minimum atomic E-state index is -1.44. The van der Waals surface area contributed by atoms with Gasteiger partial charge < -0.3 is 61.1 Å². The second kappa shape index (κ2) is 32.0. The van der Waals surface area contributed by atoms with Gasteiger partial charge in [0.2, 0.25) is 23.6 Å². The van der Waals surface area contributed by atoms with Gasteiger partial charge in [-0.15, -0.1) is 0 Å². The van der Waals surface area contributed by atoms with Crippen LogP contribution in [0, 0.1) is 28.1 Å². The highest BCUT2D eigenvalue weighted by molar-refractivity contribution is 6.12. The Morgan fingerprint density at radius 3 is 2.21 bits per heavy atom. The highest BCUT2D eigenvalue weighted by atomic mass is 16.6. The SMILES string of the molecule is CC1=C[C@H]2OC3CCC(C)(COC3)[C@@]2(COC(=O)C(CCCOC(=O)/C=C/C=C\C(=O)O)NC(=O)C(C)(C)C(C)C(=O)OCc2ccc(NC(=O)C(CCCNC(N)=O)NC(=O)C(NC(=O)CCCCCN3C(=O)C=CC3=O)C(C)C)cc2)CC1. The molecule has 466 valence electrons. The highest BCUT2D eigenvalue weighted by Gasteiger charge is 2.58. The van der Waals surface area contributed by atoms with Crippen molar-refractivity contribution in [3.63, 3.8) is 0 Å². The monoisotopic (exact) mass is 1190 g/mol. The van der Waals surface area contributed by atoms with Crippen LogP contribution in [0.5, 0.6) is 0 Å². The molecular formula is C61H85N7O17. The van der Waals surface area contributed by atoms with Crippen LogP contribution in [0.1, 0.15) is 131 Å². The number of esters is 3. The van der Waals surface area contributed by atoms with E-state index >= 15 is 0 Å². The summed E-state index contributed by atoms with van der Waals surface area (Å²) < 4.78 is 29.9. The quantitative estimate of drug-likeness (QED) is 0.00973. The van der Waals surface area contributed by atoms with Crippen molar-refractivity contribution in [3.05, 3.63) is 77.9 Å². The zero-order valence-electron chi connectivity index (χ0n) is 49.8. The zero-order valence-corrected chi connectivity index (χ0v) is 49.8. The van der Waals surface area contributed by atoms with Crippen molar-refractivity contribution < 1.29 is 81.5 Å². The van der Waals surface area contributed by atoms with Crippen LogP contribution in [0.4, 0.5) is 10.5 Å². The number of nitrogens with two attached hydrogens (primary N) is 1. The summed E-state index contributed by atoms with van der Waals surface area (Å²) in [6.07, 6.45) is 13.4. The van der Waals surface area contributed by atoms with Gasteiger partial charge in [-0.3, -0.25) is 38.5 Å². The Hall–Kier alpha value is -7.73. The van der Waals surface area contributed by atoms with E-state index in [0.717, 1.165) is 42.4 Å². The van der Waals surface area contributed by atoms with E-state index in [1.165, 1.54) is 30.7 Å². The standard InChI is InChI=1S/C61H85N7O17/c1-38(2)52(67-47(69)17-9-8-12-31-68-48(70)24-25-49(68)71)54(76)65-44(15-13-30-63-58(62)80)53(75)64-42-22-20-41(21-23-42)34-83-55(77)40(4)59(5,6)57(79)66-45(16-14-32-82-51(74)19-11-10-18-50(72)73)56(78)84-37-61-29-26-39(3)33-46(61)85-43-27-28-60(61,7)36-81-35-43/h10-11,18-25,33,38,40,43-46,52H,8-9,12-17,26-32,34-37H2,1-7H3,(H,64,75)(H,65,76)(H,66,79)(H,67,69)(H,72,73)(H3,62,63,80)/b18-10-,19-11+/t40?,43?,44?,45?,46-,52?,60?,61-/m1/s1. The molecule has 0 saturated carbocycles. The van der Waals surface area contributed by atoms with Gasteiger partial charge in [0.25, 0.3) is 11.8 Å². The largest absolute Gasteiger partial charge is 0.478 e. The molecule has 8 atom stereocenters. The van der Waals surface area contributed by atoms with E-state index in [-0.39, 0.29) is 95.0 Å². The van der Waals surface area contributed by atoms with Crippen LogP contribution in [-0.4, -0.2) is 145 Å². The molecule has 0 spiro atoms. The maximum Gasteiger partial charge on any atom is 0.330 e. The van der Waals surface area contributed by atoms with Crippen molar-refractivity contribution in [2.75, 3.05) is 44.8 Å². The fraction of sp³-hybridized carbons (Fsp3) is 0.590. The second-order valence-electron chi connectivity index (χ2n) is 23.5. The third-order valence-corrected chi connectivity index (χ3v) is 16.4. The van der Waals surface area contributed by atoms with Crippen LogP contribution in [0.15, 0.2) is 72.4 Å². The number of allylic oxidation sites excluding steroid dienone is 3. The lowest BCUT2D eigenvalue weighted by molar-refractivity contribution is -0.188. The molecule has 1 aliphatic carbocycles. The minimum absolute atomic E-state index is 0.0132. The van der Waals surface area contributed by atoms with Gasteiger partial charge in [-0.25, -0.2) is 19.2 Å². The van der Waals surface area contributed by atoms with Gasteiger partial charge in [0.05, 0.1) is 43.4 Å². The van der Waals surface area contributed by atoms with Gasteiger partial charge in [-0.1, -0.05) is 83.9 Å². The smallest absolute Gasteiger partial charge is 0.330 e. The van der Waals surface area contributed by atoms with Crippen molar-refractivity contribution in [2.45, 2.75) is 162 Å². The van der Waals surface area contributed by atoms with Crippen LogP contribution < -0.4 is 32.3 Å². The topological polar surface area (TPSA) is 344 Å². The molecule has 24 nitrogen and oxygen atoms in total. The number of ether oxygens (including phenoxy) is 5. The van der Waals surface area contributed by atoms with E-state index in [9.17, 15) is 52.7 Å². The van der Waals surface area contributed by atoms with Gasteiger partial charge in [0, 0.05) is 60.3 Å². The van der Waals surface area contributed by atoms with Gasteiger partial charge in [-0.05, 0) is 94.7 Å². The molecule has 5 rings (SSSR count). The first-order chi connectivity index (χ1) is 40.2. The number of primary amides is 1. The molecule has 1 aromatic rings. The first kappa shape index (κ1) is 68.1. The zero-order chi connectivity index (χ0) is 62.5. The normalized spacial score (nSPS) is 21.6. The number of carbonyl (C=O) groups excluding carboxylic acids is 10. The number of amides is 8. The number of rotatable bonds is 32. The van der Waals surface area contributed by atoms with Crippen LogP contribution in [-0.2, 0) is 78.2 Å². The number of hydrogen-bond acceptors (Lipinski definition) is 16. The maximum atomic E-state index is 14.3. The van der Waals surface area contributed by atoms with Crippen molar-refractivity contribution >= 4 is 71.0 Å². The third-order valence-electron chi connectivity index (χ3n) is 16.4. The van der Waals surface area contributed by atoms with Crippen molar-refractivity contribution in [1.29, 1.82) is 0 Å². The molecule has 0 aromatic heterocycles. The van der Waals surface area contributed by atoms with Crippen LogP contribution in [0.3, 0.4) is 0 Å². The first-order valence-electron chi connectivity index (χ1n) is 29.1.